The first kappa shape index (κ1) is 15.9. The Labute approximate surface area is 130 Å². The Bertz CT molecular complexity index is 562. The largest absolute Gasteiger partial charge is 0.362 e. The summed E-state index contributed by atoms with van der Waals surface area (Å²) in [4.78, 5) is 0. The molecule has 1 unspecified atom stereocenters. The predicted octanol–water partition coefficient (Wildman–Crippen LogP) is 5.45. The minimum atomic E-state index is 0.569. The Morgan fingerprint density at radius 2 is 1.90 bits per heavy atom. The Balaban J connectivity index is 1.92. The lowest BCUT2D eigenvalue weighted by Crippen LogP contribution is -1.83. The summed E-state index contributed by atoms with van der Waals surface area (Å²) >= 11 is 0. The average molecular weight is 298 g/mol. The molecule has 1 aliphatic carbocycles. The molecule has 0 aliphatic heterocycles. The van der Waals surface area contributed by atoms with Crippen molar-refractivity contribution in [2.75, 3.05) is 12.8 Å². The highest BCUT2D eigenvalue weighted by Crippen LogP contribution is 2.20. The molecule has 0 heterocycles. The molecule has 0 aromatic heterocycles. The van der Waals surface area contributed by atoms with E-state index in [1.807, 2.05) is 6.92 Å². The summed E-state index contributed by atoms with van der Waals surface area (Å²) < 4.78 is 5.44. The minimum absolute atomic E-state index is 0.569. The van der Waals surface area contributed by atoms with Gasteiger partial charge in [0.25, 0.3) is 0 Å². The van der Waals surface area contributed by atoms with Crippen molar-refractivity contribution in [1.29, 1.82) is 0 Å². The summed E-state index contributed by atoms with van der Waals surface area (Å²) in [5.41, 5.74) is 5.17. The number of hydrogen-bond acceptors (Lipinski definition) is 1. The molecular weight excluding hydrogens is 275 g/mol. The van der Waals surface area contributed by atoms with Gasteiger partial charge in [-0.05, 0) is 37.0 Å². The molecule has 0 amide bonds. The van der Waals surface area contributed by atoms with Crippen molar-refractivity contribution in [3.05, 3.63) is 76.9 Å². The van der Waals surface area contributed by atoms with Crippen LogP contribution in [0.25, 0.3) is 6.08 Å². The number of rotatable bonds is 6. The van der Waals surface area contributed by atoms with Crippen molar-refractivity contribution in [2.24, 2.45) is 0 Å². The molecule has 21 heavy (non-hydrogen) atoms. The summed E-state index contributed by atoms with van der Waals surface area (Å²) in [5, 5.41) is 0. The van der Waals surface area contributed by atoms with Crippen LogP contribution in [0.5, 0.6) is 0 Å². The van der Waals surface area contributed by atoms with Crippen molar-refractivity contribution in [3.63, 3.8) is 0 Å². The molecule has 2 rings (SSSR count). The van der Waals surface area contributed by atoms with Gasteiger partial charge in [0.15, 0.2) is 0 Å². The first-order chi connectivity index (χ1) is 10.3. The third-order valence-corrected chi connectivity index (χ3v) is 4.34. The van der Waals surface area contributed by atoms with E-state index in [2.05, 4.69) is 67.6 Å². The zero-order chi connectivity index (χ0) is 14.9. The second kappa shape index (κ2) is 8.77. The van der Waals surface area contributed by atoms with Crippen LogP contribution in [0, 0.1) is 6.92 Å². The van der Waals surface area contributed by atoms with Gasteiger partial charge in [-0.25, -0.2) is 0 Å². The van der Waals surface area contributed by atoms with Crippen LogP contribution in [0.15, 0.2) is 65.8 Å². The van der Waals surface area contributed by atoms with Gasteiger partial charge in [0.05, 0.1) is 0 Å². The van der Waals surface area contributed by atoms with Crippen LogP contribution in [0.3, 0.4) is 0 Å². The Morgan fingerprint density at radius 1 is 1.10 bits per heavy atom. The molecule has 0 bridgehead atoms. The highest BCUT2D eigenvalue weighted by atomic mass is 31.1. The van der Waals surface area contributed by atoms with E-state index in [-0.39, 0.29) is 0 Å². The van der Waals surface area contributed by atoms with Crippen LogP contribution in [-0.2, 0) is 4.52 Å². The molecule has 0 fully saturated rings. The molecule has 0 saturated carbocycles. The lowest BCUT2D eigenvalue weighted by Gasteiger charge is -2.01. The van der Waals surface area contributed by atoms with Crippen LogP contribution in [0.2, 0.25) is 0 Å². The van der Waals surface area contributed by atoms with E-state index < -0.39 is 0 Å². The second-order valence-corrected chi connectivity index (χ2v) is 5.98. The van der Waals surface area contributed by atoms with Gasteiger partial charge >= 0.3 is 0 Å². The molecule has 1 nitrogen and oxygen atoms in total. The second-order valence-electron chi connectivity index (χ2n) is 5.05. The number of benzene rings is 1. The third kappa shape index (κ3) is 5.83. The van der Waals surface area contributed by atoms with E-state index in [0.717, 1.165) is 19.2 Å². The van der Waals surface area contributed by atoms with Crippen LogP contribution >= 0.6 is 8.81 Å². The topological polar surface area (TPSA) is 9.23 Å². The molecule has 0 saturated heterocycles. The van der Waals surface area contributed by atoms with Crippen molar-refractivity contribution in [3.8, 4) is 0 Å². The fourth-order valence-electron chi connectivity index (χ4n) is 2.05. The van der Waals surface area contributed by atoms with Gasteiger partial charge in [-0.15, -0.1) is 0 Å². The zero-order valence-electron chi connectivity index (χ0n) is 12.8. The monoisotopic (exact) mass is 298 g/mol. The van der Waals surface area contributed by atoms with E-state index in [0.29, 0.717) is 8.81 Å². The first-order valence-corrected chi connectivity index (χ1v) is 8.56. The molecule has 0 radical (unpaired) electrons. The highest BCUT2D eigenvalue weighted by Gasteiger charge is 1.98. The lowest BCUT2D eigenvalue weighted by molar-refractivity contribution is 0.390. The molecule has 1 aromatic carbocycles. The van der Waals surface area contributed by atoms with Crippen molar-refractivity contribution in [2.45, 2.75) is 20.3 Å². The third-order valence-electron chi connectivity index (χ3n) is 3.29. The molecule has 1 aliphatic rings. The van der Waals surface area contributed by atoms with Crippen molar-refractivity contribution in [1.82, 2.24) is 0 Å². The number of aryl methyl sites for hydroxylation is 1. The standard InChI is InChI=1S/C19H23OP/c1-3-20-21-15-19-6-4-5-17(13-14-19)11-12-18-9-7-16(2)8-10-18/h5-14,21H,3-4,15H2,1-2H3/b12-11+. The van der Waals surface area contributed by atoms with Gasteiger partial charge in [0, 0.05) is 21.6 Å². The molecule has 110 valence electrons. The van der Waals surface area contributed by atoms with Gasteiger partial charge in [-0.2, -0.15) is 0 Å². The van der Waals surface area contributed by atoms with Crippen LogP contribution in [-0.4, -0.2) is 12.8 Å². The molecule has 2 heteroatoms. The van der Waals surface area contributed by atoms with Gasteiger partial charge in [-0.3, -0.25) is 0 Å². The Morgan fingerprint density at radius 3 is 2.67 bits per heavy atom. The van der Waals surface area contributed by atoms with Crippen LogP contribution < -0.4 is 0 Å². The highest BCUT2D eigenvalue weighted by molar-refractivity contribution is 7.32. The van der Waals surface area contributed by atoms with Crippen molar-refractivity contribution < 1.29 is 4.52 Å². The predicted molar refractivity (Wildman–Crippen MR) is 94.9 cm³/mol. The fraction of sp³-hybridized carbons (Fsp3) is 0.263. The van der Waals surface area contributed by atoms with Gasteiger partial charge in [-0.1, -0.05) is 66.3 Å². The summed E-state index contributed by atoms with van der Waals surface area (Å²) in [7, 11) is 0.569. The fourth-order valence-corrected chi connectivity index (χ4v) is 2.78. The van der Waals surface area contributed by atoms with E-state index >= 15 is 0 Å². The summed E-state index contributed by atoms with van der Waals surface area (Å²) in [6.45, 7) is 4.96. The maximum absolute atomic E-state index is 5.44. The minimum Gasteiger partial charge on any atom is -0.362 e. The van der Waals surface area contributed by atoms with Crippen molar-refractivity contribution >= 4 is 14.9 Å². The quantitative estimate of drug-likeness (QED) is 0.501. The van der Waals surface area contributed by atoms with Gasteiger partial charge in [0.1, 0.15) is 0 Å². The SMILES string of the molecule is CCOPCC1=CCC=C(/C=C/c2ccc(C)cc2)C=C1. The van der Waals surface area contributed by atoms with Crippen LogP contribution in [0.1, 0.15) is 24.5 Å². The maximum atomic E-state index is 5.44. The summed E-state index contributed by atoms with van der Waals surface area (Å²) in [6.07, 6.45) is 15.3. The maximum Gasteiger partial charge on any atom is 0.0477 e. The Kier molecular flexibility index (Phi) is 6.66. The summed E-state index contributed by atoms with van der Waals surface area (Å²) in [6, 6.07) is 8.59. The van der Waals surface area contributed by atoms with E-state index in [1.54, 1.807) is 0 Å². The molecular formula is C19H23OP. The lowest BCUT2D eigenvalue weighted by atomic mass is 10.1. The van der Waals surface area contributed by atoms with E-state index in [4.69, 9.17) is 4.52 Å². The van der Waals surface area contributed by atoms with E-state index in [9.17, 15) is 0 Å². The molecule has 0 spiro atoms. The Hall–Kier alpha value is -1.43. The normalized spacial score (nSPS) is 15.5. The zero-order valence-corrected chi connectivity index (χ0v) is 13.8. The van der Waals surface area contributed by atoms with Crippen LogP contribution in [0.4, 0.5) is 0 Å². The molecule has 1 aromatic rings. The molecule has 0 N–H and O–H groups in total. The summed E-state index contributed by atoms with van der Waals surface area (Å²) in [5.74, 6) is 0. The first-order valence-electron chi connectivity index (χ1n) is 7.44. The number of allylic oxidation sites excluding steroid dienone is 7. The average Bonchev–Trinajstić information content (AvgIpc) is 2.72. The smallest absolute Gasteiger partial charge is 0.0477 e. The van der Waals surface area contributed by atoms with E-state index in [1.165, 1.54) is 22.3 Å². The molecule has 1 atom stereocenters. The van der Waals surface area contributed by atoms with Gasteiger partial charge < -0.3 is 4.52 Å². The number of hydrogen-bond donors (Lipinski definition) is 0. The van der Waals surface area contributed by atoms with Gasteiger partial charge in [0.2, 0.25) is 0 Å².